The summed E-state index contributed by atoms with van der Waals surface area (Å²) in [4.78, 5) is 0. The first-order valence-electron chi connectivity index (χ1n) is 3.77. The highest BCUT2D eigenvalue weighted by atomic mass is 32.2. The van der Waals surface area contributed by atoms with E-state index in [0.29, 0.717) is 0 Å². The molecule has 0 bridgehead atoms. The Morgan fingerprint density at radius 3 is 2.92 bits per heavy atom. The van der Waals surface area contributed by atoms with Crippen molar-refractivity contribution in [2.24, 2.45) is 5.73 Å². The van der Waals surface area contributed by atoms with Crippen LogP contribution in [0.5, 0.6) is 5.75 Å². The van der Waals surface area contributed by atoms with E-state index in [1.807, 2.05) is 18.4 Å². The van der Waals surface area contributed by atoms with Crippen molar-refractivity contribution in [2.45, 2.75) is 6.04 Å². The SMILES string of the molecule is CSCC(N)c1cccc(O)c1. The highest BCUT2D eigenvalue weighted by molar-refractivity contribution is 7.98. The molecule has 0 heterocycles. The molecule has 0 aromatic heterocycles. The maximum Gasteiger partial charge on any atom is 0.115 e. The van der Waals surface area contributed by atoms with Crippen LogP contribution in [-0.4, -0.2) is 17.1 Å². The van der Waals surface area contributed by atoms with E-state index in [2.05, 4.69) is 0 Å². The van der Waals surface area contributed by atoms with Crippen LogP contribution < -0.4 is 5.73 Å². The Balaban J connectivity index is 2.73. The molecule has 0 aliphatic rings. The molecule has 66 valence electrons. The minimum absolute atomic E-state index is 0.0205. The van der Waals surface area contributed by atoms with Gasteiger partial charge in [-0.15, -0.1) is 0 Å². The van der Waals surface area contributed by atoms with Gasteiger partial charge in [-0.1, -0.05) is 12.1 Å². The lowest BCUT2D eigenvalue weighted by molar-refractivity contribution is 0.474. The van der Waals surface area contributed by atoms with Crippen LogP contribution in [0.15, 0.2) is 24.3 Å². The standard InChI is InChI=1S/C9H13NOS/c1-12-6-9(10)7-3-2-4-8(11)5-7/h2-5,9,11H,6,10H2,1H3. The maximum atomic E-state index is 9.17. The van der Waals surface area contributed by atoms with Crippen LogP contribution in [0.1, 0.15) is 11.6 Å². The molecule has 0 radical (unpaired) electrons. The summed E-state index contributed by atoms with van der Waals surface area (Å²) in [5.74, 6) is 1.16. The van der Waals surface area contributed by atoms with Gasteiger partial charge in [0.15, 0.2) is 0 Å². The van der Waals surface area contributed by atoms with Crippen molar-refractivity contribution in [2.75, 3.05) is 12.0 Å². The first kappa shape index (κ1) is 9.42. The average Bonchev–Trinajstić information content (AvgIpc) is 2.05. The monoisotopic (exact) mass is 183 g/mol. The minimum atomic E-state index is 0.0205. The molecule has 0 amide bonds. The molecule has 1 aromatic rings. The van der Waals surface area contributed by atoms with Gasteiger partial charge in [0, 0.05) is 11.8 Å². The predicted molar refractivity (Wildman–Crippen MR) is 53.4 cm³/mol. The Morgan fingerprint density at radius 1 is 1.58 bits per heavy atom. The van der Waals surface area contributed by atoms with E-state index in [9.17, 15) is 0 Å². The van der Waals surface area contributed by atoms with Gasteiger partial charge in [0.05, 0.1) is 0 Å². The highest BCUT2D eigenvalue weighted by Crippen LogP contribution is 2.18. The van der Waals surface area contributed by atoms with Gasteiger partial charge in [-0.3, -0.25) is 0 Å². The van der Waals surface area contributed by atoms with Crippen LogP contribution in [0.25, 0.3) is 0 Å². The van der Waals surface area contributed by atoms with Crippen molar-refractivity contribution in [1.82, 2.24) is 0 Å². The van der Waals surface area contributed by atoms with Crippen molar-refractivity contribution in [1.29, 1.82) is 0 Å². The molecule has 3 heteroatoms. The number of rotatable bonds is 3. The summed E-state index contributed by atoms with van der Waals surface area (Å²) in [6.45, 7) is 0. The largest absolute Gasteiger partial charge is 0.508 e. The predicted octanol–water partition coefficient (Wildman–Crippen LogP) is 1.75. The summed E-state index contributed by atoms with van der Waals surface area (Å²) in [5.41, 5.74) is 6.83. The van der Waals surface area contributed by atoms with Crippen molar-refractivity contribution in [3.8, 4) is 5.75 Å². The Kier molecular flexibility index (Phi) is 3.44. The lowest BCUT2D eigenvalue weighted by atomic mass is 10.1. The smallest absolute Gasteiger partial charge is 0.115 e. The number of hydrogen-bond acceptors (Lipinski definition) is 3. The third-order valence-corrected chi connectivity index (χ3v) is 2.34. The van der Waals surface area contributed by atoms with E-state index in [1.54, 1.807) is 23.9 Å². The number of aromatic hydroxyl groups is 1. The molecule has 2 nitrogen and oxygen atoms in total. The molecule has 3 N–H and O–H groups in total. The molecule has 1 aromatic carbocycles. The quantitative estimate of drug-likeness (QED) is 0.750. The van der Waals surface area contributed by atoms with Crippen LogP contribution in [0.3, 0.4) is 0 Å². The zero-order valence-electron chi connectivity index (χ0n) is 7.03. The third kappa shape index (κ3) is 2.43. The normalized spacial score (nSPS) is 12.8. The van der Waals surface area contributed by atoms with Crippen molar-refractivity contribution >= 4 is 11.8 Å². The Labute approximate surface area is 76.8 Å². The summed E-state index contributed by atoms with van der Waals surface area (Å²) in [6, 6.07) is 7.12. The molecule has 1 atom stereocenters. The van der Waals surface area contributed by atoms with Gasteiger partial charge in [0.2, 0.25) is 0 Å². The number of nitrogens with two attached hydrogens (primary N) is 1. The topological polar surface area (TPSA) is 46.2 Å². The second-order valence-electron chi connectivity index (χ2n) is 2.66. The highest BCUT2D eigenvalue weighted by Gasteiger charge is 2.04. The van der Waals surface area contributed by atoms with Crippen LogP contribution >= 0.6 is 11.8 Å². The summed E-state index contributed by atoms with van der Waals surface area (Å²) in [6.07, 6.45) is 2.02. The van der Waals surface area contributed by atoms with E-state index in [1.165, 1.54) is 0 Å². The molecular weight excluding hydrogens is 170 g/mol. The van der Waals surface area contributed by atoms with Crippen molar-refractivity contribution in [3.05, 3.63) is 29.8 Å². The van der Waals surface area contributed by atoms with Gasteiger partial charge in [-0.25, -0.2) is 0 Å². The summed E-state index contributed by atoms with van der Waals surface area (Å²) in [7, 11) is 0. The third-order valence-electron chi connectivity index (χ3n) is 1.64. The number of thioether (sulfide) groups is 1. The van der Waals surface area contributed by atoms with E-state index < -0.39 is 0 Å². The minimum Gasteiger partial charge on any atom is -0.508 e. The zero-order valence-corrected chi connectivity index (χ0v) is 7.84. The Hall–Kier alpha value is -0.670. The average molecular weight is 183 g/mol. The lowest BCUT2D eigenvalue weighted by Crippen LogP contribution is -2.12. The van der Waals surface area contributed by atoms with Crippen molar-refractivity contribution in [3.63, 3.8) is 0 Å². The summed E-state index contributed by atoms with van der Waals surface area (Å²) >= 11 is 1.70. The molecule has 1 rings (SSSR count). The van der Waals surface area contributed by atoms with E-state index in [4.69, 9.17) is 10.8 Å². The maximum absolute atomic E-state index is 9.17. The van der Waals surface area contributed by atoms with Gasteiger partial charge in [-0.2, -0.15) is 11.8 Å². The fraction of sp³-hybridized carbons (Fsp3) is 0.333. The molecule has 0 spiro atoms. The van der Waals surface area contributed by atoms with Gasteiger partial charge in [-0.05, 0) is 24.0 Å². The van der Waals surface area contributed by atoms with E-state index in [0.717, 1.165) is 11.3 Å². The second-order valence-corrected chi connectivity index (χ2v) is 3.57. The molecular formula is C9H13NOS. The Bertz CT molecular complexity index is 252. The van der Waals surface area contributed by atoms with Crippen LogP contribution in [0.2, 0.25) is 0 Å². The van der Waals surface area contributed by atoms with Gasteiger partial charge < -0.3 is 10.8 Å². The first-order valence-corrected chi connectivity index (χ1v) is 5.17. The zero-order chi connectivity index (χ0) is 8.97. The van der Waals surface area contributed by atoms with Crippen LogP contribution in [0.4, 0.5) is 0 Å². The fourth-order valence-electron chi connectivity index (χ4n) is 1.03. The van der Waals surface area contributed by atoms with Gasteiger partial charge >= 0.3 is 0 Å². The molecule has 0 saturated heterocycles. The van der Waals surface area contributed by atoms with Crippen molar-refractivity contribution < 1.29 is 5.11 Å². The second kappa shape index (κ2) is 4.38. The fourth-order valence-corrected chi connectivity index (χ4v) is 1.58. The van der Waals surface area contributed by atoms with Gasteiger partial charge in [0.1, 0.15) is 5.75 Å². The number of hydrogen-bond donors (Lipinski definition) is 2. The molecule has 0 aliphatic carbocycles. The number of phenolic OH excluding ortho intramolecular Hbond substituents is 1. The molecule has 1 unspecified atom stereocenters. The van der Waals surface area contributed by atoms with Gasteiger partial charge in [0.25, 0.3) is 0 Å². The molecule has 12 heavy (non-hydrogen) atoms. The molecule has 0 fully saturated rings. The van der Waals surface area contributed by atoms with Crippen LogP contribution in [-0.2, 0) is 0 Å². The summed E-state index contributed by atoms with van der Waals surface area (Å²) < 4.78 is 0. The Morgan fingerprint density at radius 2 is 2.33 bits per heavy atom. The number of benzene rings is 1. The lowest BCUT2D eigenvalue weighted by Gasteiger charge is -2.09. The summed E-state index contributed by atoms with van der Waals surface area (Å²) in [5, 5.41) is 9.17. The van der Waals surface area contributed by atoms with Crippen LogP contribution in [0, 0.1) is 0 Å². The van der Waals surface area contributed by atoms with E-state index >= 15 is 0 Å². The molecule has 0 aliphatic heterocycles. The van der Waals surface area contributed by atoms with E-state index in [-0.39, 0.29) is 11.8 Å². The molecule has 0 saturated carbocycles. The first-order chi connectivity index (χ1) is 5.74. The number of phenols is 1.